The maximum Gasteiger partial charge on any atom is 0.181 e. The van der Waals surface area contributed by atoms with Gasteiger partial charge in [0.15, 0.2) is 23.1 Å². The molecular formula is C28H25NO5. The van der Waals surface area contributed by atoms with E-state index in [4.69, 9.17) is 14.2 Å². The summed E-state index contributed by atoms with van der Waals surface area (Å²) in [6.07, 6.45) is 0.108. The molecule has 0 amide bonds. The van der Waals surface area contributed by atoms with E-state index in [9.17, 15) is 9.59 Å². The summed E-state index contributed by atoms with van der Waals surface area (Å²) in [4.78, 5) is 30.2. The summed E-state index contributed by atoms with van der Waals surface area (Å²) in [7, 11) is 4.62. The minimum atomic E-state index is -0.210. The first-order valence-corrected chi connectivity index (χ1v) is 10.9. The van der Waals surface area contributed by atoms with Gasteiger partial charge in [-0.05, 0) is 47.2 Å². The highest BCUT2D eigenvalue weighted by Crippen LogP contribution is 2.31. The second kappa shape index (κ2) is 10.2. The van der Waals surface area contributed by atoms with Crippen LogP contribution in [0.15, 0.2) is 72.8 Å². The maximum absolute atomic E-state index is 12.9. The van der Waals surface area contributed by atoms with Crippen molar-refractivity contribution in [2.75, 3.05) is 21.3 Å². The van der Waals surface area contributed by atoms with Gasteiger partial charge in [-0.3, -0.25) is 9.59 Å². The van der Waals surface area contributed by atoms with Gasteiger partial charge in [0.1, 0.15) is 17.1 Å². The molecule has 4 aromatic rings. The third kappa shape index (κ3) is 4.76. The van der Waals surface area contributed by atoms with E-state index in [1.807, 2.05) is 42.5 Å². The number of ether oxygens (including phenoxy) is 3. The summed E-state index contributed by atoms with van der Waals surface area (Å²) in [6, 6.07) is 22.4. The molecule has 0 aliphatic carbocycles. The molecule has 0 aliphatic rings. The van der Waals surface area contributed by atoms with Crippen molar-refractivity contribution in [3.8, 4) is 28.5 Å². The monoisotopic (exact) mass is 455 g/mol. The van der Waals surface area contributed by atoms with Crippen LogP contribution in [0.1, 0.15) is 33.7 Å². The Balaban J connectivity index is 1.54. The molecule has 4 rings (SSSR count). The number of pyridine rings is 1. The van der Waals surface area contributed by atoms with Crippen molar-refractivity contribution >= 4 is 22.3 Å². The average Bonchev–Trinajstić information content (AvgIpc) is 2.90. The number of hydrogen-bond acceptors (Lipinski definition) is 6. The fourth-order valence-corrected chi connectivity index (χ4v) is 3.82. The van der Waals surface area contributed by atoms with Gasteiger partial charge in [-0.1, -0.05) is 36.4 Å². The molecule has 0 spiro atoms. The van der Waals surface area contributed by atoms with Crippen LogP contribution in [0.3, 0.4) is 0 Å². The van der Waals surface area contributed by atoms with Crippen molar-refractivity contribution in [2.45, 2.75) is 12.8 Å². The van der Waals surface area contributed by atoms with Gasteiger partial charge < -0.3 is 14.2 Å². The molecule has 0 saturated heterocycles. The van der Waals surface area contributed by atoms with Crippen LogP contribution in [0.4, 0.5) is 0 Å². The molecule has 0 aliphatic heterocycles. The van der Waals surface area contributed by atoms with Gasteiger partial charge in [0, 0.05) is 24.0 Å². The first-order valence-electron chi connectivity index (χ1n) is 10.9. The van der Waals surface area contributed by atoms with E-state index in [1.54, 1.807) is 37.4 Å². The average molecular weight is 456 g/mol. The van der Waals surface area contributed by atoms with Crippen LogP contribution in [-0.2, 0) is 0 Å². The standard InChI is InChI=1S/C28H25NO5/c1-32-25-14-10-20(17-27(25)34-3)23(30)12-13-24(31)22-11-15-26(33-2)28(29-22)21-9-8-18-6-4-5-7-19(18)16-21/h4-11,14-17H,12-13H2,1-3H3. The number of nitrogens with zero attached hydrogens (tertiary/aromatic N) is 1. The van der Waals surface area contributed by atoms with Gasteiger partial charge in [-0.25, -0.2) is 4.98 Å². The Morgan fingerprint density at radius 2 is 1.35 bits per heavy atom. The van der Waals surface area contributed by atoms with Crippen molar-refractivity contribution in [1.29, 1.82) is 0 Å². The van der Waals surface area contributed by atoms with Crippen molar-refractivity contribution < 1.29 is 23.8 Å². The molecule has 0 N–H and O–H groups in total. The summed E-state index contributed by atoms with van der Waals surface area (Å²) in [5.41, 5.74) is 2.20. The lowest BCUT2D eigenvalue weighted by Gasteiger charge is -2.11. The van der Waals surface area contributed by atoms with Gasteiger partial charge >= 0.3 is 0 Å². The normalized spacial score (nSPS) is 10.7. The summed E-state index contributed by atoms with van der Waals surface area (Å²) < 4.78 is 16.0. The topological polar surface area (TPSA) is 74.7 Å². The SMILES string of the molecule is COc1ccc(C(=O)CCC(=O)c2ccc(OC)c(-c3ccc4ccccc4c3)n2)cc1OC. The lowest BCUT2D eigenvalue weighted by Crippen LogP contribution is -2.08. The van der Waals surface area contributed by atoms with Crippen molar-refractivity contribution in [3.05, 3.63) is 84.1 Å². The second-order valence-electron chi connectivity index (χ2n) is 7.73. The molecule has 0 atom stereocenters. The van der Waals surface area contributed by atoms with E-state index in [0.717, 1.165) is 16.3 Å². The summed E-state index contributed by atoms with van der Waals surface area (Å²) in [5, 5.41) is 2.19. The zero-order valence-corrected chi connectivity index (χ0v) is 19.3. The Morgan fingerprint density at radius 3 is 2.09 bits per heavy atom. The molecule has 3 aromatic carbocycles. The van der Waals surface area contributed by atoms with Gasteiger partial charge in [-0.2, -0.15) is 0 Å². The molecule has 172 valence electrons. The van der Waals surface area contributed by atoms with Crippen LogP contribution in [0, 0.1) is 0 Å². The molecular weight excluding hydrogens is 430 g/mol. The number of methoxy groups -OCH3 is 3. The van der Waals surface area contributed by atoms with E-state index >= 15 is 0 Å². The number of aromatic nitrogens is 1. The van der Waals surface area contributed by atoms with E-state index in [0.29, 0.717) is 34.2 Å². The Morgan fingerprint density at radius 1 is 0.676 bits per heavy atom. The molecule has 34 heavy (non-hydrogen) atoms. The summed E-state index contributed by atoms with van der Waals surface area (Å²) >= 11 is 0. The fourth-order valence-electron chi connectivity index (χ4n) is 3.82. The number of fused-ring (bicyclic) bond motifs is 1. The van der Waals surface area contributed by atoms with Gasteiger partial charge in [0.25, 0.3) is 0 Å². The Kier molecular flexibility index (Phi) is 6.87. The third-order valence-corrected chi connectivity index (χ3v) is 5.67. The van der Waals surface area contributed by atoms with Crippen molar-refractivity contribution in [2.24, 2.45) is 0 Å². The first-order chi connectivity index (χ1) is 16.5. The quantitative estimate of drug-likeness (QED) is 0.298. The second-order valence-corrected chi connectivity index (χ2v) is 7.73. The first kappa shape index (κ1) is 23.0. The third-order valence-electron chi connectivity index (χ3n) is 5.67. The highest BCUT2D eigenvalue weighted by atomic mass is 16.5. The number of Topliss-reactive ketones (excluding diaryl/α,β-unsaturated/α-hetero) is 2. The lowest BCUT2D eigenvalue weighted by molar-refractivity contribution is 0.0915. The van der Waals surface area contributed by atoms with Crippen LogP contribution < -0.4 is 14.2 Å². The molecule has 0 saturated carbocycles. The molecule has 0 bridgehead atoms. The van der Waals surface area contributed by atoms with E-state index in [2.05, 4.69) is 4.98 Å². The molecule has 0 unspecified atom stereocenters. The van der Waals surface area contributed by atoms with Crippen LogP contribution in [0.5, 0.6) is 17.2 Å². The smallest absolute Gasteiger partial charge is 0.181 e. The molecule has 1 heterocycles. The predicted molar refractivity (Wildman–Crippen MR) is 131 cm³/mol. The predicted octanol–water partition coefficient (Wildman–Crippen LogP) is 5.77. The molecule has 6 heteroatoms. The molecule has 6 nitrogen and oxygen atoms in total. The number of benzene rings is 3. The highest BCUT2D eigenvalue weighted by Gasteiger charge is 2.17. The van der Waals surface area contributed by atoms with E-state index in [1.165, 1.54) is 14.2 Å². The van der Waals surface area contributed by atoms with Gasteiger partial charge in [0.2, 0.25) is 0 Å². The Labute approximate surface area is 198 Å². The van der Waals surface area contributed by atoms with Crippen LogP contribution in [-0.4, -0.2) is 37.9 Å². The van der Waals surface area contributed by atoms with Crippen molar-refractivity contribution in [3.63, 3.8) is 0 Å². The van der Waals surface area contributed by atoms with E-state index in [-0.39, 0.29) is 24.4 Å². The highest BCUT2D eigenvalue weighted by molar-refractivity contribution is 6.02. The molecule has 0 fully saturated rings. The lowest BCUT2D eigenvalue weighted by atomic mass is 10.0. The summed E-state index contributed by atoms with van der Waals surface area (Å²) in [5.74, 6) is 1.22. The zero-order valence-electron chi connectivity index (χ0n) is 19.3. The van der Waals surface area contributed by atoms with Crippen LogP contribution in [0.2, 0.25) is 0 Å². The van der Waals surface area contributed by atoms with Gasteiger partial charge in [0.05, 0.1) is 21.3 Å². The number of ketones is 2. The number of carbonyl (C=O) groups excluding carboxylic acids is 2. The minimum Gasteiger partial charge on any atom is -0.494 e. The number of rotatable bonds is 9. The van der Waals surface area contributed by atoms with Crippen molar-refractivity contribution in [1.82, 2.24) is 4.98 Å². The Bertz CT molecular complexity index is 1360. The van der Waals surface area contributed by atoms with Crippen LogP contribution in [0.25, 0.3) is 22.0 Å². The minimum absolute atomic E-state index is 0.0453. The van der Waals surface area contributed by atoms with Gasteiger partial charge in [-0.15, -0.1) is 0 Å². The van der Waals surface area contributed by atoms with E-state index < -0.39 is 0 Å². The zero-order chi connectivity index (χ0) is 24.1. The molecule has 1 aromatic heterocycles. The maximum atomic E-state index is 12.9. The number of carbonyl (C=O) groups is 2. The Hall–Kier alpha value is -4.19. The fraction of sp³-hybridized carbons (Fsp3) is 0.179. The molecule has 0 radical (unpaired) electrons. The van der Waals surface area contributed by atoms with Crippen LogP contribution >= 0.6 is 0 Å². The largest absolute Gasteiger partial charge is 0.494 e. The number of hydrogen-bond donors (Lipinski definition) is 0. The summed E-state index contributed by atoms with van der Waals surface area (Å²) in [6.45, 7) is 0.